The van der Waals surface area contributed by atoms with Crippen molar-refractivity contribution in [3.05, 3.63) is 33.8 Å². The first-order valence-corrected chi connectivity index (χ1v) is 5.87. The van der Waals surface area contributed by atoms with Crippen molar-refractivity contribution < 1.29 is 9.64 Å². The second-order valence-corrected chi connectivity index (χ2v) is 4.55. The van der Waals surface area contributed by atoms with Gasteiger partial charge in [-0.05, 0) is 12.1 Å². The number of halogens is 2. The Morgan fingerprint density at radius 1 is 1.13 bits per heavy atom. The van der Waals surface area contributed by atoms with E-state index >= 15 is 0 Å². The minimum absolute atomic E-state index is 0.765. The minimum Gasteiger partial charge on any atom is -0.370 e. The van der Waals surface area contributed by atoms with Crippen LogP contribution in [-0.4, -0.2) is 26.3 Å². The molecule has 1 aromatic rings. The number of ether oxygens (including phenoxy) is 1. The third-order valence-electron chi connectivity index (χ3n) is 2.69. The number of nitrogens with one attached hydrogen (secondary N) is 1. The molecule has 0 radical (unpaired) electrons. The molecule has 4 heteroatoms. The Morgan fingerprint density at radius 3 is 2.33 bits per heavy atom. The van der Waals surface area contributed by atoms with E-state index in [1.54, 1.807) is 0 Å². The molecule has 2 rings (SSSR count). The molecule has 0 aromatic heterocycles. The largest absolute Gasteiger partial charge is 0.370 e. The summed E-state index contributed by atoms with van der Waals surface area (Å²) in [5.41, 5.74) is 1.05. The van der Waals surface area contributed by atoms with Crippen LogP contribution in [0.5, 0.6) is 0 Å². The molecule has 0 unspecified atom stereocenters. The third kappa shape index (κ3) is 2.85. The SMILES string of the molecule is Clc1cccc(Cl)c1C[NH+]1CCOCC1. The first-order valence-electron chi connectivity index (χ1n) is 5.11. The van der Waals surface area contributed by atoms with Crippen molar-refractivity contribution in [2.75, 3.05) is 26.3 Å². The molecule has 0 spiro atoms. The Bertz CT molecular complexity index is 317. The lowest BCUT2D eigenvalue weighted by Crippen LogP contribution is -3.12. The predicted molar refractivity (Wildman–Crippen MR) is 61.7 cm³/mol. The van der Waals surface area contributed by atoms with Gasteiger partial charge in [-0.3, -0.25) is 0 Å². The zero-order valence-corrected chi connectivity index (χ0v) is 9.94. The molecule has 0 amide bonds. The van der Waals surface area contributed by atoms with Crippen LogP contribution in [0, 0.1) is 0 Å². The van der Waals surface area contributed by atoms with Gasteiger partial charge in [0.25, 0.3) is 0 Å². The molecule has 1 N–H and O–H groups in total. The molecular formula is C11H14Cl2NO+. The van der Waals surface area contributed by atoms with Crippen molar-refractivity contribution in [1.82, 2.24) is 0 Å². The molecule has 0 saturated carbocycles. The lowest BCUT2D eigenvalue weighted by Gasteiger charge is -2.24. The molecule has 0 atom stereocenters. The van der Waals surface area contributed by atoms with Gasteiger partial charge in [0.15, 0.2) is 0 Å². The van der Waals surface area contributed by atoms with E-state index in [0.29, 0.717) is 0 Å². The standard InChI is InChI=1S/C11H13Cl2NO/c12-10-2-1-3-11(13)9(10)8-14-4-6-15-7-5-14/h1-3H,4-8H2/p+1. The summed E-state index contributed by atoms with van der Waals surface area (Å²) in [7, 11) is 0. The van der Waals surface area contributed by atoms with Gasteiger partial charge in [-0.25, -0.2) is 0 Å². The summed E-state index contributed by atoms with van der Waals surface area (Å²) in [4.78, 5) is 1.48. The summed E-state index contributed by atoms with van der Waals surface area (Å²) < 4.78 is 5.31. The molecule has 1 aliphatic rings. The monoisotopic (exact) mass is 246 g/mol. The molecule has 2 nitrogen and oxygen atoms in total. The van der Waals surface area contributed by atoms with E-state index < -0.39 is 0 Å². The van der Waals surface area contributed by atoms with Gasteiger partial charge < -0.3 is 9.64 Å². The second-order valence-electron chi connectivity index (χ2n) is 3.74. The van der Waals surface area contributed by atoms with Crippen LogP contribution in [0.1, 0.15) is 5.56 Å². The van der Waals surface area contributed by atoms with Gasteiger partial charge in [0.05, 0.1) is 23.3 Å². The second kappa shape index (κ2) is 5.17. The van der Waals surface area contributed by atoms with Crippen molar-refractivity contribution in [3.8, 4) is 0 Å². The summed E-state index contributed by atoms with van der Waals surface area (Å²) >= 11 is 12.2. The molecule has 0 bridgehead atoms. The molecule has 82 valence electrons. The Morgan fingerprint density at radius 2 is 1.73 bits per heavy atom. The number of quaternary nitrogens is 1. The average molecular weight is 247 g/mol. The Labute approximate surface area is 99.7 Å². The van der Waals surface area contributed by atoms with Crippen molar-refractivity contribution in [2.45, 2.75) is 6.54 Å². The molecule has 1 heterocycles. The number of hydrogen-bond acceptors (Lipinski definition) is 1. The van der Waals surface area contributed by atoms with Crippen LogP contribution < -0.4 is 4.90 Å². The van der Waals surface area contributed by atoms with E-state index in [0.717, 1.165) is 48.5 Å². The highest BCUT2D eigenvalue weighted by molar-refractivity contribution is 6.35. The molecule has 1 saturated heterocycles. The minimum atomic E-state index is 0.765. The van der Waals surface area contributed by atoms with Gasteiger partial charge in [0.1, 0.15) is 19.6 Å². The molecular weight excluding hydrogens is 233 g/mol. The maximum absolute atomic E-state index is 6.12. The van der Waals surface area contributed by atoms with Crippen LogP contribution in [0.25, 0.3) is 0 Å². The third-order valence-corrected chi connectivity index (χ3v) is 3.40. The summed E-state index contributed by atoms with van der Waals surface area (Å²) in [5, 5.41) is 1.53. The fourth-order valence-electron chi connectivity index (χ4n) is 1.79. The van der Waals surface area contributed by atoms with E-state index in [2.05, 4.69) is 0 Å². The van der Waals surface area contributed by atoms with E-state index in [4.69, 9.17) is 27.9 Å². The normalized spacial score (nSPS) is 18.0. The summed E-state index contributed by atoms with van der Waals surface area (Å²) in [6.45, 7) is 4.61. The summed E-state index contributed by atoms with van der Waals surface area (Å²) in [6, 6.07) is 5.66. The van der Waals surface area contributed by atoms with E-state index in [9.17, 15) is 0 Å². The van der Waals surface area contributed by atoms with Crippen molar-refractivity contribution in [3.63, 3.8) is 0 Å². The van der Waals surface area contributed by atoms with Gasteiger partial charge in [0.2, 0.25) is 0 Å². The first-order chi connectivity index (χ1) is 7.27. The zero-order chi connectivity index (χ0) is 10.7. The van der Waals surface area contributed by atoms with Crippen LogP contribution >= 0.6 is 23.2 Å². The highest BCUT2D eigenvalue weighted by Crippen LogP contribution is 2.23. The maximum atomic E-state index is 6.12. The fraction of sp³-hybridized carbons (Fsp3) is 0.455. The van der Waals surface area contributed by atoms with E-state index in [-0.39, 0.29) is 0 Å². The Balaban J connectivity index is 2.09. The molecule has 1 fully saturated rings. The lowest BCUT2D eigenvalue weighted by atomic mass is 10.2. The van der Waals surface area contributed by atoms with Gasteiger partial charge in [0, 0.05) is 5.56 Å². The number of rotatable bonds is 2. The first kappa shape index (κ1) is 11.2. The van der Waals surface area contributed by atoms with Crippen LogP contribution in [-0.2, 0) is 11.3 Å². The van der Waals surface area contributed by atoms with Crippen LogP contribution in [0.15, 0.2) is 18.2 Å². The van der Waals surface area contributed by atoms with E-state index in [1.165, 1.54) is 4.90 Å². The topological polar surface area (TPSA) is 13.7 Å². The molecule has 1 aliphatic heterocycles. The van der Waals surface area contributed by atoms with Crippen molar-refractivity contribution >= 4 is 23.2 Å². The zero-order valence-electron chi connectivity index (χ0n) is 8.43. The highest BCUT2D eigenvalue weighted by Gasteiger charge is 2.17. The van der Waals surface area contributed by atoms with Crippen LogP contribution in [0.2, 0.25) is 10.0 Å². The van der Waals surface area contributed by atoms with Crippen LogP contribution in [0.4, 0.5) is 0 Å². The number of morpholine rings is 1. The quantitative estimate of drug-likeness (QED) is 0.834. The molecule has 15 heavy (non-hydrogen) atoms. The van der Waals surface area contributed by atoms with Crippen LogP contribution in [0.3, 0.4) is 0 Å². The summed E-state index contributed by atoms with van der Waals surface area (Å²) in [6.07, 6.45) is 0. The van der Waals surface area contributed by atoms with Gasteiger partial charge in [-0.2, -0.15) is 0 Å². The smallest absolute Gasteiger partial charge is 0.106 e. The number of hydrogen-bond donors (Lipinski definition) is 1. The highest BCUT2D eigenvalue weighted by atomic mass is 35.5. The maximum Gasteiger partial charge on any atom is 0.106 e. The molecule has 1 aromatic carbocycles. The van der Waals surface area contributed by atoms with E-state index in [1.807, 2.05) is 18.2 Å². The average Bonchev–Trinajstić information content (AvgIpc) is 2.25. The van der Waals surface area contributed by atoms with Gasteiger partial charge >= 0.3 is 0 Å². The van der Waals surface area contributed by atoms with Gasteiger partial charge in [-0.15, -0.1) is 0 Å². The van der Waals surface area contributed by atoms with Crippen molar-refractivity contribution in [1.29, 1.82) is 0 Å². The Hall–Kier alpha value is -0.280. The van der Waals surface area contributed by atoms with Gasteiger partial charge in [-0.1, -0.05) is 29.3 Å². The summed E-state index contributed by atoms with van der Waals surface area (Å²) in [5.74, 6) is 0. The Kier molecular flexibility index (Phi) is 3.87. The lowest BCUT2D eigenvalue weighted by molar-refractivity contribution is -0.921. The fourth-order valence-corrected chi connectivity index (χ4v) is 2.32. The predicted octanol–water partition coefficient (Wildman–Crippen LogP) is 1.41. The molecule has 0 aliphatic carbocycles. The number of benzene rings is 1. The van der Waals surface area contributed by atoms with Crippen molar-refractivity contribution in [2.24, 2.45) is 0 Å².